The van der Waals surface area contributed by atoms with Gasteiger partial charge in [-0.1, -0.05) is 43.7 Å². The van der Waals surface area contributed by atoms with Crippen LogP contribution < -0.4 is 5.32 Å². The van der Waals surface area contributed by atoms with Crippen molar-refractivity contribution < 1.29 is 9.90 Å². The van der Waals surface area contributed by atoms with E-state index in [0.29, 0.717) is 6.42 Å². The van der Waals surface area contributed by atoms with E-state index in [4.69, 9.17) is 0 Å². The molecule has 3 nitrogen and oxygen atoms in total. The molecule has 1 atom stereocenters. The summed E-state index contributed by atoms with van der Waals surface area (Å²) in [4.78, 5) is 12.0. The summed E-state index contributed by atoms with van der Waals surface area (Å²) in [5.41, 5.74) is -0.156. The molecule has 0 radical (unpaired) electrons. The van der Waals surface area contributed by atoms with Gasteiger partial charge in [-0.05, 0) is 43.8 Å². The first kappa shape index (κ1) is 18.1. The Morgan fingerprint density at radius 2 is 1.95 bits per heavy atom. The van der Waals surface area contributed by atoms with Crippen LogP contribution in [-0.4, -0.2) is 28.6 Å². The van der Waals surface area contributed by atoms with E-state index in [-0.39, 0.29) is 6.04 Å². The van der Waals surface area contributed by atoms with Crippen molar-refractivity contribution in [3.05, 3.63) is 35.9 Å². The zero-order valence-corrected chi connectivity index (χ0v) is 14.1. The molecule has 4 heteroatoms. The minimum absolute atomic E-state index is 0.113. The lowest BCUT2D eigenvalue weighted by atomic mass is 9.86. The lowest BCUT2D eigenvalue weighted by Crippen LogP contribution is -2.52. The van der Waals surface area contributed by atoms with Crippen molar-refractivity contribution in [1.29, 1.82) is 0 Å². The Morgan fingerprint density at radius 1 is 1.29 bits per heavy atom. The van der Waals surface area contributed by atoms with Crippen LogP contribution in [0.4, 0.5) is 0 Å². The fraction of sp³-hybridized carbons (Fsp3) is 0.588. The number of thioether (sulfide) groups is 1. The number of carboxylic acid groups (broad SMARTS) is 1. The summed E-state index contributed by atoms with van der Waals surface area (Å²) >= 11 is 1.84. The monoisotopic (exact) mass is 309 g/mol. The van der Waals surface area contributed by atoms with Crippen LogP contribution in [0.15, 0.2) is 30.3 Å². The van der Waals surface area contributed by atoms with Crippen molar-refractivity contribution in [3.8, 4) is 0 Å². The average molecular weight is 309 g/mol. The second-order valence-electron chi connectivity index (χ2n) is 5.59. The number of hydrogen-bond acceptors (Lipinski definition) is 3. The quantitative estimate of drug-likeness (QED) is 0.644. The summed E-state index contributed by atoms with van der Waals surface area (Å²) in [6.07, 6.45) is 2.96. The lowest BCUT2D eigenvalue weighted by Gasteiger charge is -2.33. The van der Waals surface area contributed by atoms with Gasteiger partial charge >= 0.3 is 5.97 Å². The molecule has 0 aromatic heterocycles. The maximum absolute atomic E-state index is 12.0. The molecule has 0 bridgehead atoms. The predicted octanol–water partition coefficient (Wildman–Crippen LogP) is 3.89. The first-order chi connectivity index (χ1) is 10.0. The maximum atomic E-state index is 12.0. The number of unbranched alkanes of at least 4 members (excludes halogenated alkanes) is 1. The average Bonchev–Trinajstić information content (AvgIpc) is 2.46. The van der Waals surface area contributed by atoms with Crippen molar-refractivity contribution >= 4 is 17.7 Å². The Morgan fingerprint density at radius 3 is 2.48 bits per heavy atom. The van der Waals surface area contributed by atoms with Gasteiger partial charge in [0.1, 0.15) is 5.54 Å². The van der Waals surface area contributed by atoms with E-state index < -0.39 is 11.5 Å². The van der Waals surface area contributed by atoms with Crippen LogP contribution in [0.1, 0.15) is 45.6 Å². The molecular weight excluding hydrogens is 282 g/mol. The largest absolute Gasteiger partial charge is 0.480 e. The second kappa shape index (κ2) is 9.11. The molecule has 0 saturated carbocycles. The van der Waals surface area contributed by atoms with Gasteiger partial charge in [-0.15, -0.1) is 0 Å². The number of benzene rings is 1. The third-order valence-corrected chi connectivity index (χ3v) is 4.50. The minimum atomic E-state index is -0.991. The highest BCUT2D eigenvalue weighted by atomic mass is 32.2. The maximum Gasteiger partial charge on any atom is 0.328 e. The lowest BCUT2D eigenvalue weighted by molar-refractivity contribution is -0.146. The Kier molecular flexibility index (Phi) is 7.83. The molecule has 1 aromatic carbocycles. The highest BCUT2D eigenvalue weighted by Gasteiger charge is 2.40. The smallest absolute Gasteiger partial charge is 0.328 e. The normalized spacial score (nSPS) is 14.1. The number of rotatable bonds is 10. The first-order valence-corrected chi connectivity index (χ1v) is 8.82. The molecule has 1 rings (SSSR count). The number of aliphatic carboxylic acids is 1. The molecular formula is C17H27NO2S. The third kappa shape index (κ3) is 5.36. The van der Waals surface area contributed by atoms with Crippen molar-refractivity contribution in [2.45, 2.75) is 51.6 Å². The van der Waals surface area contributed by atoms with Gasteiger partial charge in [0.05, 0.1) is 0 Å². The molecule has 0 amide bonds. The molecule has 1 unspecified atom stereocenters. The summed E-state index contributed by atoms with van der Waals surface area (Å²) < 4.78 is 0. The van der Waals surface area contributed by atoms with E-state index in [2.05, 4.69) is 12.2 Å². The summed E-state index contributed by atoms with van der Waals surface area (Å²) in [6.45, 7) is 6.15. The fourth-order valence-corrected chi connectivity index (χ4v) is 3.53. The van der Waals surface area contributed by atoms with Gasteiger partial charge in [-0.25, -0.2) is 4.79 Å². The molecule has 1 aromatic rings. The molecule has 21 heavy (non-hydrogen) atoms. The van der Waals surface area contributed by atoms with E-state index in [1.54, 1.807) is 0 Å². The van der Waals surface area contributed by atoms with Gasteiger partial charge < -0.3 is 5.11 Å². The van der Waals surface area contributed by atoms with Gasteiger partial charge in [-0.3, -0.25) is 5.32 Å². The molecule has 0 aliphatic carbocycles. The topological polar surface area (TPSA) is 49.3 Å². The third-order valence-electron chi connectivity index (χ3n) is 3.43. The Labute approximate surface area is 132 Å². The molecule has 0 heterocycles. The van der Waals surface area contributed by atoms with Crippen LogP contribution in [-0.2, 0) is 10.3 Å². The molecule has 0 aliphatic rings. The molecule has 118 valence electrons. The van der Waals surface area contributed by atoms with Gasteiger partial charge in [0.2, 0.25) is 0 Å². The van der Waals surface area contributed by atoms with Crippen molar-refractivity contribution in [2.24, 2.45) is 0 Å². The Hall–Kier alpha value is -1.00. The highest BCUT2D eigenvalue weighted by Crippen LogP contribution is 2.28. The van der Waals surface area contributed by atoms with Crippen LogP contribution in [0.5, 0.6) is 0 Å². The van der Waals surface area contributed by atoms with E-state index in [0.717, 1.165) is 17.1 Å². The molecule has 2 N–H and O–H groups in total. The van der Waals surface area contributed by atoms with Crippen LogP contribution in [0, 0.1) is 0 Å². The molecule has 0 spiro atoms. The first-order valence-electron chi connectivity index (χ1n) is 7.67. The molecule has 0 saturated heterocycles. The summed E-state index contributed by atoms with van der Waals surface area (Å²) in [5.74, 6) is 1.15. The summed E-state index contributed by atoms with van der Waals surface area (Å²) in [7, 11) is 0. The van der Waals surface area contributed by atoms with Crippen LogP contribution >= 0.6 is 11.8 Å². The summed E-state index contributed by atoms with van der Waals surface area (Å²) in [6, 6.07) is 9.64. The zero-order valence-electron chi connectivity index (χ0n) is 13.3. The minimum Gasteiger partial charge on any atom is -0.480 e. The SMILES string of the molecule is CCCCSCCC(NC(C)C)(C(=O)O)c1ccccc1. The van der Waals surface area contributed by atoms with Gasteiger partial charge in [-0.2, -0.15) is 11.8 Å². The summed E-state index contributed by atoms with van der Waals surface area (Å²) in [5, 5.41) is 13.1. The number of carboxylic acids is 1. The van der Waals surface area contributed by atoms with E-state index in [1.807, 2.05) is 55.9 Å². The highest BCUT2D eigenvalue weighted by molar-refractivity contribution is 7.99. The van der Waals surface area contributed by atoms with Gasteiger partial charge in [0.15, 0.2) is 0 Å². The van der Waals surface area contributed by atoms with Crippen molar-refractivity contribution in [2.75, 3.05) is 11.5 Å². The zero-order chi connectivity index (χ0) is 15.7. The van der Waals surface area contributed by atoms with Gasteiger partial charge in [0.25, 0.3) is 0 Å². The van der Waals surface area contributed by atoms with Crippen molar-refractivity contribution in [1.82, 2.24) is 5.32 Å². The van der Waals surface area contributed by atoms with E-state index in [9.17, 15) is 9.90 Å². The Bertz CT molecular complexity index is 422. The number of nitrogens with one attached hydrogen (secondary N) is 1. The fourth-order valence-electron chi connectivity index (χ4n) is 2.38. The number of carbonyl (C=O) groups is 1. The van der Waals surface area contributed by atoms with Crippen LogP contribution in [0.2, 0.25) is 0 Å². The second-order valence-corrected chi connectivity index (χ2v) is 6.82. The standard InChI is InChI=1S/C17H27NO2S/c1-4-5-12-21-13-11-17(16(19)20,18-14(2)3)15-9-7-6-8-10-15/h6-10,14,18H,4-5,11-13H2,1-3H3,(H,19,20). The van der Waals surface area contributed by atoms with E-state index in [1.165, 1.54) is 12.8 Å². The number of hydrogen-bond donors (Lipinski definition) is 2. The Balaban J connectivity index is 2.89. The predicted molar refractivity (Wildman–Crippen MR) is 90.9 cm³/mol. The molecule has 0 aliphatic heterocycles. The van der Waals surface area contributed by atoms with Gasteiger partial charge in [0, 0.05) is 6.04 Å². The van der Waals surface area contributed by atoms with Crippen LogP contribution in [0.25, 0.3) is 0 Å². The van der Waals surface area contributed by atoms with Crippen LogP contribution in [0.3, 0.4) is 0 Å². The van der Waals surface area contributed by atoms with Crippen molar-refractivity contribution in [3.63, 3.8) is 0 Å². The molecule has 0 fully saturated rings. The van der Waals surface area contributed by atoms with E-state index >= 15 is 0 Å².